The summed E-state index contributed by atoms with van der Waals surface area (Å²) < 4.78 is 39.2. The molecule has 1 aromatic heterocycles. The number of nitrogens with two attached hydrogens (primary N) is 1. The Morgan fingerprint density at radius 2 is 1.63 bits per heavy atom. The maximum atomic E-state index is 13.3. The summed E-state index contributed by atoms with van der Waals surface area (Å²) in [7, 11) is 0. The Balaban J connectivity index is 1.23. The van der Waals surface area contributed by atoms with Gasteiger partial charge in [0.05, 0.1) is 16.0 Å². The number of aromatic nitrogens is 1. The molecule has 1 amide bonds. The van der Waals surface area contributed by atoms with E-state index < -0.39 is 22.4 Å². The molecule has 43 heavy (non-hydrogen) atoms. The molecule has 3 N–H and O–H groups in total. The van der Waals surface area contributed by atoms with Crippen LogP contribution in [0.5, 0.6) is 0 Å². The van der Waals surface area contributed by atoms with Crippen LogP contribution in [0.15, 0.2) is 60.7 Å². The number of fused-ring (bicyclic) bond motifs is 1. The summed E-state index contributed by atoms with van der Waals surface area (Å²) in [5.74, 6) is -0.251. The van der Waals surface area contributed by atoms with E-state index >= 15 is 0 Å². The molecule has 224 valence electrons. The third-order valence-electron chi connectivity index (χ3n) is 7.90. The van der Waals surface area contributed by atoms with Gasteiger partial charge in [-0.3, -0.25) is 29.7 Å². The second-order valence-corrected chi connectivity index (χ2v) is 10.7. The predicted molar refractivity (Wildman–Crippen MR) is 159 cm³/mol. The molecule has 0 saturated carbocycles. The molecule has 4 aromatic rings. The first-order valence-corrected chi connectivity index (χ1v) is 13.8. The number of nitro groups is 1. The number of piperazine rings is 1. The molecule has 5 rings (SSSR count). The molecule has 0 radical (unpaired) electrons. The Morgan fingerprint density at radius 1 is 0.977 bits per heavy atom. The van der Waals surface area contributed by atoms with E-state index in [9.17, 15) is 28.1 Å². The Bertz CT molecular complexity index is 1700. The zero-order valence-corrected chi connectivity index (χ0v) is 23.7. The highest BCUT2D eigenvalue weighted by atomic mass is 19.4. The van der Waals surface area contributed by atoms with Crippen molar-refractivity contribution in [1.29, 1.82) is 0 Å². The SMILES string of the molecule is Cc1nc2ccc(NC(=O)c3ccccc3CN3CCN(Cc4ccc(C(F)(F)F)cc4[N+](=O)[O-])CC3)cc2c(N)c1C. The van der Waals surface area contributed by atoms with Crippen LogP contribution in [-0.2, 0) is 19.3 Å². The number of amides is 1. The number of aryl methyl sites for hydroxylation is 1. The minimum atomic E-state index is -4.65. The summed E-state index contributed by atoms with van der Waals surface area (Å²) in [6.07, 6.45) is -4.65. The standard InChI is InChI=1S/C31H31F3N6O3/c1-19-20(2)36-27-10-9-24(16-26(27)29(19)35)37-30(41)25-6-4-3-5-21(25)17-38-11-13-39(14-12-38)18-22-7-8-23(31(32,33)34)15-28(22)40(42)43/h3-10,15-16H,11-14,17-18H2,1-2H3,(H2,35,36)(H,37,41). The number of rotatable bonds is 7. The van der Waals surface area contributed by atoms with Crippen LogP contribution in [0, 0.1) is 24.0 Å². The van der Waals surface area contributed by atoms with Crippen molar-refractivity contribution in [2.75, 3.05) is 37.2 Å². The molecule has 0 spiro atoms. The van der Waals surface area contributed by atoms with Crippen molar-refractivity contribution in [1.82, 2.24) is 14.8 Å². The summed E-state index contributed by atoms with van der Waals surface area (Å²) in [6, 6.07) is 15.5. The molecule has 3 aromatic carbocycles. The number of anilines is 2. The number of hydrogen-bond donors (Lipinski definition) is 2. The van der Waals surface area contributed by atoms with Crippen molar-refractivity contribution >= 4 is 33.9 Å². The van der Waals surface area contributed by atoms with Gasteiger partial charge in [0.2, 0.25) is 0 Å². The molecular formula is C31H31F3N6O3. The van der Waals surface area contributed by atoms with Crippen molar-refractivity contribution in [3.05, 3.63) is 104 Å². The number of nitrogens with one attached hydrogen (secondary N) is 1. The fraction of sp³-hybridized carbons (Fsp3) is 0.290. The van der Waals surface area contributed by atoms with Crippen LogP contribution in [0.1, 0.15) is 38.3 Å². The number of hydrogen-bond acceptors (Lipinski definition) is 7. The molecule has 2 heterocycles. The van der Waals surface area contributed by atoms with Gasteiger partial charge in [-0.1, -0.05) is 24.3 Å². The lowest BCUT2D eigenvalue weighted by atomic mass is 10.0. The number of carbonyl (C=O) groups excluding carboxylic acids is 1. The fourth-order valence-electron chi connectivity index (χ4n) is 5.30. The molecule has 0 bridgehead atoms. The second-order valence-electron chi connectivity index (χ2n) is 10.7. The van der Waals surface area contributed by atoms with Gasteiger partial charge in [0.15, 0.2) is 0 Å². The van der Waals surface area contributed by atoms with Gasteiger partial charge >= 0.3 is 6.18 Å². The molecule has 0 unspecified atom stereocenters. The van der Waals surface area contributed by atoms with Gasteiger partial charge < -0.3 is 11.1 Å². The highest BCUT2D eigenvalue weighted by Crippen LogP contribution is 2.33. The van der Waals surface area contributed by atoms with Crippen LogP contribution in [0.2, 0.25) is 0 Å². The third kappa shape index (κ3) is 6.60. The lowest BCUT2D eigenvalue weighted by Crippen LogP contribution is -2.45. The first kappa shape index (κ1) is 29.9. The zero-order chi connectivity index (χ0) is 30.9. The van der Waals surface area contributed by atoms with Crippen LogP contribution in [0.4, 0.5) is 30.2 Å². The van der Waals surface area contributed by atoms with Crippen molar-refractivity contribution in [2.24, 2.45) is 0 Å². The number of carbonyl (C=O) groups is 1. The molecule has 1 saturated heterocycles. The monoisotopic (exact) mass is 592 g/mol. The normalized spacial score (nSPS) is 14.6. The summed E-state index contributed by atoms with van der Waals surface area (Å²) >= 11 is 0. The van der Waals surface area contributed by atoms with Crippen LogP contribution in [-0.4, -0.2) is 51.8 Å². The first-order valence-electron chi connectivity index (χ1n) is 13.8. The highest BCUT2D eigenvalue weighted by Gasteiger charge is 2.33. The van der Waals surface area contributed by atoms with Crippen LogP contribution in [0.25, 0.3) is 10.9 Å². The number of nitro benzene ring substituents is 1. The van der Waals surface area contributed by atoms with Gasteiger partial charge in [-0.2, -0.15) is 13.2 Å². The van der Waals surface area contributed by atoms with E-state index in [1.807, 2.05) is 49.1 Å². The van der Waals surface area contributed by atoms with E-state index in [1.54, 1.807) is 12.1 Å². The lowest BCUT2D eigenvalue weighted by Gasteiger charge is -2.35. The van der Waals surface area contributed by atoms with Gasteiger partial charge in [0.25, 0.3) is 11.6 Å². The fourth-order valence-corrected chi connectivity index (χ4v) is 5.30. The molecule has 0 atom stereocenters. The molecule has 1 aliphatic heterocycles. The van der Waals surface area contributed by atoms with Crippen molar-refractivity contribution in [2.45, 2.75) is 33.1 Å². The molecule has 12 heteroatoms. The average Bonchev–Trinajstić information content (AvgIpc) is 2.97. The molecule has 1 aliphatic rings. The molecule has 9 nitrogen and oxygen atoms in total. The van der Waals surface area contributed by atoms with E-state index in [1.165, 1.54) is 6.07 Å². The Morgan fingerprint density at radius 3 is 2.28 bits per heavy atom. The predicted octanol–water partition coefficient (Wildman–Crippen LogP) is 5.93. The minimum absolute atomic E-state index is 0.173. The molecule has 1 fully saturated rings. The largest absolute Gasteiger partial charge is 0.416 e. The lowest BCUT2D eigenvalue weighted by molar-refractivity contribution is -0.386. The number of alkyl halides is 3. The van der Waals surface area contributed by atoms with Gasteiger partial charge in [-0.05, 0) is 55.3 Å². The Kier molecular flexibility index (Phi) is 8.34. The van der Waals surface area contributed by atoms with Crippen molar-refractivity contribution < 1.29 is 22.9 Å². The minimum Gasteiger partial charge on any atom is -0.398 e. The average molecular weight is 593 g/mol. The van der Waals surface area contributed by atoms with E-state index in [-0.39, 0.29) is 18.0 Å². The van der Waals surface area contributed by atoms with E-state index in [0.29, 0.717) is 55.7 Å². The molecular weight excluding hydrogens is 561 g/mol. The number of halogens is 3. The van der Waals surface area contributed by atoms with Gasteiger partial charge in [0.1, 0.15) is 0 Å². The topological polar surface area (TPSA) is 118 Å². The maximum absolute atomic E-state index is 13.3. The summed E-state index contributed by atoms with van der Waals surface area (Å²) in [4.78, 5) is 32.8. The van der Waals surface area contributed by atoms with Gasteiger partial charge in [-0.25, -0.2) is 0 Å². The van der Waals surface area contributed by atoms with Gasteiger partial charge in [0, 0.05) is 78.9 Å². The zero-order valence-electron chi connectivity index (χ0n) is 23.7. The summed E-state index contributed by atoms with van der Waals surface area (Å²) in [5.41, 5.74) is 10.1. The summed E-state index contributed by atoms with van der Waals surface area (Å²) in [6.45, 7) is 6.90. The van der Waals surface area contributed by atoms with E-state index in [2.05, 4.69) is 15.2 Å². The van der Waals surface area contributed by atoms with Crippen LogP contribution in [0.3, 0.4) is 0 Å². The van der Waals surface area contributed by atoms with E-state index in [4.69, 9.17) is 5.73 Å². The second kappa shape index (κ2) is 12.0. The first-order chi connectivity index (χ1) is 20.4. The van der Waals surface area contributed by atoms with Crippen LogP contribution >= 0.6 is 0 Å². The maximum Gasteiger partial charge on any atom is 0.416 e. The highest BCUT2D eigenvalue weighted by molar-refractivity contribution is 6.06. The quantitative estimate of drug-likeness (QED) is 0.202. The third-order valence-corrected chi connectivity index (χ3v) is 7.90. The Labute approximate surface area is 246 Å². The van der Waals surface area contributed by atoms with Crippen molar-refractivity contribution in [3.8, 4) is 0 Å². The number of nitrogen functional groups attached to an aromatic ring is 1. The number of pyridine rings is 1. The van der Waals surface area contributed by atoms with Crippen LogP contribution < -0.4 is 11.1 Å². The molecule has 0 aliphatic carbocycles. The summed E-state index contributed by atoms with van der Waals surface area (Å²) in [5, 5.41) is 15.2. The van der Waals surface area contributed by atoms with Gasteiger partial charge in [-0.15, -0.1) is 0 Å². The van der Waals surface area contributed by atoms with E-state index in [0.717, 1.165) is 33.8 Å². The number of benzene rings is 3. The smallest absolute Gasteiger partial charge is 0.398 e. The Hall–Kier alpha value is -4.55. The number of nitrogens with zero attached hydrogens (tertiary/aromatic N) is 4. The van der Waals surface area contributed by atoms with Crippen molar-refractivity contribution in [3.63, 3.8) is 0 Å².